The van der Waals surface area contributed by atoms with Crippen LogP contribution in [-0.2, 0) is 7.05 Å². The van der Waals surface area contributed by atoms with Gasteiger partial charge in [0.25, 0.3) is 5.91 Å². The SMILES string of the molecule is Cc1nnc2ccc(N3CCCC(NC(=O)c4cn(C)cn4)C3)nn12. The molecular formula is C16H20N8O. The Hall–Kier alpha value is -2.97. The zero-order valence-corrected chi connectivity index (χ0v) is 14.3. The highest BCUT2D eigenvalue weighted by Gasteiger charge is 2.24. The van der Waals surface area contributed by atoms with Crippen molar-refractivity contribution < 1.29 is 4.79 Å². The van der Waals surface area contributed by atoms with E-state index in [0.717, 1.165) is 43.2 Å². The van der Waals surface area contributed by atoms with Gasteiger partial charge in [0.2, 0.25) is 0 Å². The Kier molecular flexibility index (Phi) is 3.83. The molecule has 0 aliphatic carbocycles. The smallest absolute Gasteiger partial charge is 0.271 e. The molecule has 4 heterocycles. The number of aryl methyl sites for hydroxylation is 2. The summed E-state index contributed by atoms with van der Waals surface area (Å²) in [5.74, 6) is 1.49. The molecule has 1 saturated heterocycles. The van der Waals surface area contributed by atoms with E-state index in [1.807, 2.05) is 26.1 Å². The van der Waals surface area contributed by atoms with Crippen LogP contribution in [0.4, 0.5) is 5.82 Å². The van der Waals surface area contributed by atoms with Crippen LogP contribution < -0.4 is 10.2 Å². The summed E-state index contributed by atoms with van der Waals surface area (Å²) in [6, 6.07) is 3.94. The van der Waals surface area contributed by atoms with Crippen molar-refractivity contribution in [3.05, 3.63) is 36.2 Å². The van der Waals surface area contributed by atoms with Gasteiger partial charge in [0, 0.05) is 32.4 Å². The van der Waals surface area contributed by atoms with E-state index in [1.165, 1.54) is 0 Å². The van der Waals surface area contributed by atoms with Gasteiger partial charge in [0.05, 0.1) is 6.33 Å². The Bertz CT molecular complexity index is 914. The Morgan fingerprint density at radius 3 is 3.00 bits per heavy atom. The van der Waals surface area contributed by atoms with Crippen LogP contribution >= 0.6 is 0 Å². The van der Waals surface area contributed by atoms with Crippen LogP contribution in [0.1, 0.15) is 29.2 Å². The van der Waals surface area contributed by atoms with Crippen molar-refractivity contribution in [3.63, 3.8) is 0 Å². The van der Waals surface area contributed by atoms with Crippen LogP contribution in [0.3, 0.4) is 0 Å². The number of fused-ring (bicyclic) bond motifs is 1. The second-order valence-electron chi connectivity index (χ2n) is 6.39. The standard InChI is InChI=1S/C16H20N8O/c1-11-19-20-14-5-6-15(21-24(11)14)23-7-3-4-12(8-23)18-16(25)13-9-22(2)10-17-13/h5-6,9-10,12H,3-4,7-8H2,1-2H3,(H,18,25). The molecule has 1 aliphatic rings. The Balaban J connectivity index is 1.48. The molecule has 9 heteroatoms. The number of hydrogen-bond acceptors (Lipinski definition) is 6. The van der Waals surface area contributed by atoms with Crippen molar-refractivity contribution in [2.45, 2.75) is 25.8 Å². The van der Waals surface area contributed by atoms with Gasteiger partial charge in [-0.3, -0.25) is 4.79 Å². The lowest BCUT2D eigenvalue weighted by molar-refractivity contribution is 0.0928. The highest BCUT2D eigenvalue weighted by molar-refractivity contribution is 5.92. The summed E-state index contributed by atoms with van der Waals surface area (Å²) in [5, 5.41) is 15.8. The van der Waals surface area contributed by atoms with E-state index in [9.17, 15) is 4.79 Å². The molecule has 4 rings (SSSR count). The monoisotopic (exact) mass is 340 g/mol. The van der Waals surface area contributed by atoms with Crippen molar-refractivity contribution in [3.8, 4) is 0 Å². The second-order valence-corrected chi connectivity index (χ2v) is 6.39. The number of carbonyl (C=O) groups excluding carboxylic acids is 1. The van der Waals surface area contributed by atoms with Crippen LogP contribution in [0.25, 0.3) is 5.65 Å². The largest absolute Gasteiger partial charge is 0.353 e. The summed E-state index contributed by atoms with van der Waals surface area (Å²) in [5.41, 5.74) is 1.18. The fraction of sp³-hybridized carbons (Fsp3) is 0.438. The zero-order chi connectivity index (χ0) is 17.4. The third kappa shape index (κ3) is 3.04. The predicted molar refractivity (Wildman–Crippen MR) is 91.4 cm³/mol. The van der Waals surface area contributed by atoms with Crippen molar-refractivity contribution >= 4 is 17.4 Å². The maximum atomic E-state index is 12.3. The fourth-order valence-electron chi connectivity index (χ4n) is 3.15. The van der Waals surface area contributed by atoms with Crippen molar-refractivity contribution in [1.82, 2.24) is 34.7 Å². The lowest BCUT2D eigenvalue weighted by atomic mass is 10.1. The number of piperidine rings is 1. The minimum absolute atomic E-state index is 0.0720. The molecule has 1 unspecified atom stereocenters. The molecule has 0 bridgehead atoms. The highest BCUT2D eigenvalue weighted by Crippen LogP contribution is 2.18. The van der Waals surface area contributed by atoms with Crippen molar-refractivity contribution in [2.75, 3.05) is 18.0 Å². The summed E-state index contributed by atoms with van der Waals surface area (Å²) >= 11 is 0. The lowest BCUT2D eigenvalue weighted by Gasteiger charge is -2.33. The summed E-state index contributed by atoms with van der Waals surface area (Å²) in [4.78, 5) is 18.6. The number of imidazole rings is 1. The average molecular weight is 340 g/mol. The minimum Gasteiger partial charge on any atom is -0.353 e. The molecule has 0 spiro atoms. The molecular weight excluding hydrogens is 320 g/mol. The molecule has 130 valence electrons. The van der Waals surface area contributed by atoms with E-state index in [4.69, 9.17) is 0 Å². The number of anilines is 1. The van der Waals surface area contributed by atoms with Gasteiger partial charge in [-0.1, -0.05) is 0 Å². The first-order chi connectivity index (χ1) is 12.1. The molecule has 3 aromatic rings. The van der Waals surface area contributed by atoms with E-state index in [-0.39, 0.29) is 11.9 Å². The third-order valence-electron chi connectivity index (χ3n) is 4.42. The fourth-order valence-corrected chi connectivity index (χ4v) is 3.15. The van der Waals surface area contributed by atoms with Crippen LogP contribution in [0.2, 0.25) is 0 Å². The van der Waals surface area contributed by atoms with Gasteiger partial charge in [-0.25, -0.2) is 4.98 Å². The molecule has 9 nitrogen and oxygen atoms in total. The van der Waals surface area contributed by atoms with E-state index in [2.05, 4.69) is 30.5 Å². The maximum absolute atomic E-state index is 12.3. The number of nitrogens with zero attached hydrogens (tertiary/aromatic N) is 7. The Morgan fingerprint density at radius 2 is 2.20 bits per heavy atom. The first-order valence-electron chi connectivity index (χ1n) is 8.33. The van der Waals surface area contributed by atoms with Gasteiger partial charge in [-0.2, -0.15) is 4.52 Å². The number of nitrogens with one attached hydrogen (secondary N) is 1. The number of hydrogen-bond donors (Lipinski definition) is 1. The molecule has 1 amide bonds. The normalized spacial score (nSPS) is 17.8. The average Bonchev–Trinajstić information content (AvgIpc) is 3.21. The Labute approximate surface area is 144 Å². The van der Waals surface area contributed by atoms with Gasteiger partial charge in [0.15, 0.2) is 11.5 Å². The molecule has 0 saturated carbocycles. The Morgan fingerprint density at radius 1 is 1.32 bits per heavy atom. The van der Waals surface area contributed by atoms with Gasteiger partial charge in [-0.15, -0.1) is 15.3 Å². The topological polar surface area (TPSA) is 93.2 Å². The van der Waals surface area contributed by atoms with Gasteiger partial charge in [0.1, 0.15) is 11.5 Å². The quantitative estimate of drug-likeness (QED) is 0.749. The first-order valence-corrected chi connectivity index (χ1v) is 8.33. The summed E-state index contributed by atoms with van der Waals surface area (Å²) in [7, 11) is 1.85. The van der Waals surface area contributed by atoms with Crippen molar-refractivity contribution in [2.24, 2.45) is 7.05 Å². The van der Waals surface area contributed by atoms with Crippen molar-refractivity contribution in [1.29, 1.82) is 0 Å². The molecule has 0 radical (unpaired) electrons. The molecule has 25 heavy (non-hydrogen) atoms. The summed E-state index contributed by atoms with van der Waals surface area (Å²) < 4.78 is 3.51. The second kappa shape index (κ2) is 6.15. The minimum atomic E-state index is -0.134. The molecule has 1 N–H and O–H groups in total. The molecule has 1 fully saturated rings. The predicted octanol–water partition coefficient (Wildman–Crippen LogP) is 0.565. The number of rotatable bonds is 3. The number of amides is 1. The molecule has 3 aromatic heterocycles. The lowest BCUT2D eigenvalue weighted by Crippen LogP contribution is -2.48. The van der Waals surface area contributed by atoms with E-state index < -0.39 is 0 Å². The van der Waals surface area contributed by atoms with Crippen LogP contribution in [-0.4, -0.2) is 54.4 Å². The first kappa shape index (κ1) is 15.6. The van der Waals surface area contributed by atoms with E-state index >= 15 is 0 Å². The van der Waals surface area contributed by atoms with E-state index in [1.54, 1.807) is 21.6 Å². The van der Waals surface area contributed by atoms with E-state index in [0.29, 0.717) is 5.69 Å². The van der Waals surface area contributed by atoms with Gasteiger partial charge in [-0.05, 0) is 31.9 Å². The van der Waals surface area contributed by atoms with Crippen LogP contribution in [0, 0.1) is 6.92 Å². The van der Waals surface area contributed by atoms with Gasteiger partial charge < -0.3 is 14.8 Å². The molecule has 0 aromatic carbocycles. The molecule has 1 aliphatic heterocycles. The number of carbonyl (C=O) groups is 1. The van der Waals surface area contributed by atoms with Crippen LogP contribution in [0.15, 0.2) is 24.7 Å². The molecule has 1 atom stereocenters. The summed E-state index contributed by atoms with van der Waals surface area (Å²) in [6.07, 6.45) is 5.29. The van der Waals surface area contributed by atoms with Crippen LogP contribution in [0.5, 0.6) is 0 Å². The maximum Gasteiger partial charge on any atom is 0.271 e. The zero-order valence-electron chi connectivity index (χ0n) is 14.3. The third-order valence-corrected chi connectivity index (χ3v) is 4.42. The highest BCUT2D eigenvalue weighted by atomic mass is 16.2. The summed E-state index contributed by atoms with van der Waals surface area (Å²) in [6.45, 7) is 3.51. The number of aromatic nitrogens is 6. The van der Waals surface area contributed by atoms with Gasteiger partial charge >= 0.3 is 0 Å².